The third-order valence-corrected chi connectivity index (χ3v) is 5.17. The van der Waals surface area contributed by atoms with Crippen molar-refractivity contribution in [3.05, 3.63) is 0 Å². The van der Waals surface area contributed by atoms with Gasteiger partial charge in [-0.15, -0.1) is 0 Å². The Morgan fingerprint density at radius 2 is 1.11 bits per heavy atom. The monoisotopic (exact) mass is 264 g/mol. The average Bonchev–Trinajstić information content (AvgIpc) is 2.11. The van der Waals surface area contributed by atoms with Crippen LogP contribution in [0.1, 0.15) is 88.5 Å². The fourth-order valence-electron chi connectivity index (χ4n) is 2.16. The second-order valence-corrected chi connectivity index (χ2v) is 10.0. The van der Waals surface area contributed by atoms with Gasteiger partial charge >= 0.3 is 0 Å². The summed E-state index contributed by atoms with van der Waals surface area (Å²) in [4.78, 5) is 0. The Bertz CT molecular complexity index is 273. The van der Waals surface area contributed by atoms with Gasteiger partial charge in [-0.25, -0.2) is 0 Å². The van der Waals surface area contributed by atoms with Crippen LogP contribution in [0.3, 0.4) is 0 Å². The standard InChI is InChI=1S/C18H37B/c1-15(2,3)11-12-17(7,8)18(9,10)13-14(19)16(4,5)6/h14H,11-13H2,1-10H3. The summed E-state index contributed by atoms with van der Waals surface area (Å²) >= 11 is 0. The average molecular weight is 264 g/mol. The van der Waals surface area contributed by atoms with Gasteiger partial charge in [0.15, 0.2) is 0 Å². The molecule has 2 radical (unpaired) electrons. The molecule has 0 nitrogen and oxygen atoms in total. The van der Waals surface area contributed by atoms with E-state index >= 15 is 0 Å². The molecule has 0 aromatic heterocycles. The molecule has 19 heavy (non-hydrogen) atoms. The van der Waals surface area contributed by atoms with Crippen LogP contribution >= 0.6 is 0 Å². The molecule has 0 spiro atoms. The molecular weight excluding hydrogens is 227 g/mol. The van der Waals surface area contributed by atoms with Crippen molar-refractivity contribution in [2.45, 2.75) is 94.3 Å². The van der Waals surface area contributed by atoms with Crippen LogP contribution in [0.4, 0.5) is 0 Å². The Morgan fingerprint density at radius 3 is 1.42 bits per heavy atom. The van der Waals surface area contributed by atoms with Gasteiger partial charge in [0.05, 0.1) is 7.85 Å². The summed E-state index contributed by atoms with van der Waals surface area (Å²) < 4.78 is 0. The van der Waals surface area contributed by atoms with Crippen LogP contribution < -0.4 is 0 Å². The SMILES string of the molecule is [B]C(CC(C)(C)C(C)(C)CCC(C)(C)C)C(C)(C)C. The summed E-state index contributed by atoms with van der Waals surface area (Å²) in [6.07, 6.45) is 3.63. The van der Waals surface area contributed by atoms with Gasteiger partial charge in [0, 0.05) is 0 Å². The van der Waals surface area contributed by atoms with Crippen LogP contribution in [0.5, 0.6) is 0 Å². The summed E-state index contributed by atoms with van der Waals surface area (Å²) in [7, 11) is 6.42. The third kappa shape index (κ3) is 6.36. The van der Waals surface area contributed by atoms with Crippen LogP contribution in [-0.2, 0) is 0 Å². The first-order valence-electron chi connectivity index (χ1n) is 7.84. The molecule has 0 saturated heterocycles. The smallest absolute Gasteiger partial charge is 0.0706 e. The first kappa shape index (κ1) is 19.1. The van der Waals surface area contributed by atoms with E-state index in [1.165, 1.54) is 12.8 Å². The molecular formula is C18H37B. The van der Waals surface area contributed by atoms with Crippen molar-refractivity contribution in [1.82, 2.24) is 0 Å². The Morgan fingerprint density at radius 1 is 0.684 bits per heavy atom. The minimum absolute atomic E-state index is 0.192. The summed E-state index contributed by atoms with van der Waals surface area (Å²) in [5.74, 6) is 0.261. The molecule has 0 amide bonds. The summed E-state index contributed by atoms with van der Waals surface area (Å²) in [6.45, 7) is 23.3. The lowest BCUT2D eigenvalue weighted by Gasteiger charge is -2.46. The first-order chi connectivity index (χ1) is 8.08. The molecule has 0 aliphatic rings. The Hall–Kier alpha value is 0.0649. The largest absolute Gasteiger partial charge is 0.0721 e. The van der Waals surface area contributed by atoms with Crippen molar-refractivity contribution < 1.29 is 0 Å². The zero-order chi connectivity index (χ0) is 15.7. The minimum Gasteiger partial charge on any atom is -0.0721 e. The fourth-order valence-corrected chi connectivity index (χ4v) is 2.16. The molecule has 0 saturated carbocycles. The van der Waals surface area contributed by atoms with E-state index in [0.717, 1.165) is 6.42 Å². The molecule has 0 bridgehead atoms. The lowest BCUT2D eigenvalue weighted by molar-refractivity contribution is 0.0622. The second kappa shape index (κ2) is 5.82. The van der Waals surface area contributed by atoms with Crippen molar-refractivity contribution in [1.29, 1.82) is 0 Å². The minimum atomic E-state index is 0.192. The van der Waals surface area contributed by atoms with Crippen molar-refractivity contribution >= 4 is 7.85 Å². The second-order valence-electron chi connectivity index (χ2n) is 10.0. The highest BCUT2D eigenvalue weighted by molar-refractivity contribution is 6.12. The van der Waals surface area contributed by atoms with Gasteiger partial charge in [-0.2, -0.15) is 0 Å². The zero-order valence-corrected chi connectivity index (χ0v) is 15.3. The molecule has 112 valence electrons. The molecule has 1 unspecified atom stereocenters. The molecule has 0 fully saturated rings. The Kier molecular flexibility index (Phi) is 5.84. The van der Waals surface area contributed by atoms with Crippen LogP contribution in [0.15, 0.2) is 0 Å². The van der Waals surface area contributed by atoms with Crippen molar-refractivity contribution in [3.63, 3.8) is 0 Å². The molecule has 0 rings (SSSR count). The van der Waals surface area contributed by atoms with E-state index in [-0.39, 0.29) is 16.6 Å². The number of hydrogen-bond donors (Lipinski definition) is 0. The number of rotatable bonds is 5. The predicted octanol–water partition coefficient (Wildman–Crippen LogP) is 6.26. The van der Waals surface area contributed by atoms with Gasteiger partial charge < -0.3 is 0 Å². The molecule has 0 aromatic rings. The predicted molar refractivity (Wildman–Crippen MR) is 89.8 cm³/mol. The molecule has 0 aliphatic carbocycles. The molecule has 0 aromatic carbocycles. The topological polar surface area (TPSA) is 0 Å². The third-order valence-electron chi connectivity index (χ3n) is 5.17. The van der Waals surface area contributed by atoms with Crippen LogP contribution in [0.25, 0.3) is 0 Å². The van der Waals surface area contributed by atoms with Crippen LogP contribution in [0, 0.1) is 21.7 Å². The van der Waals surface area contributed by atoms with Crippen molar-refractivity contribution in [2.24, 2.45) is 21.7 Å². The quantitative estimate of drug-likeness (QED) is 0.514. The van der Waals surface area contributed by atoms with E-state index in [9.17, 15) is 0 Å². The van der Waals surface area contributed by atoms with Crippen LogP contribution in [0.2, 0.25) is 5.82 Å². The molecule has 0 aliphatic heterocycles. The van der Waals surface area contributed by atoms with Gasteiger partial charge in [0.1, 0.15) is 0 Å². The van der Waals surface area contributed by atoms with Gasteiger partial charge in [-0.05, 0) is 34.5 Å². The zero-order valence-electron chi connectivity index (χ0n) is 15.3. The molecule has 1 heteroatoms. The van der Waals surface area contributed by atoms with E-state index in [0.29, 0.717) is 10.8 Å². The van der Waals surface area contributed by atoms with Gasteiger partial charge in [-0.3, -0.25) is 0 Å². The highest BCUT2D eigenvalue weighted by Gasteiger charge is 2.39. The maximum atomic E-state index is 6.42. The van der Waals surface area contributed by atoms with Crippen molar-refractivity contribution in [2.75, 3.05) is 0 Å². The molecule has 0 heterocycles. The maximum Gasteiger partial charge on any atom is 0.0706 e. The van der Waals surface area contributed by atoms with E-state index in [1.807, 2.05) is 0 Å². The van der Waals surface area contributed by atoms with E-state index < -0.39 is 0 Å². The maximum absolute atomic E-state index is 6.42. The lowest BCUT2D eigenvalue weighted by atomic mass is 9.55. The normalized spacial score (nSPS) is 16.5. The lowest BCUT2D eigenvalue weighted by Crippen LogP contribution is -2.36. The summed E-state index contributed by atoms with van der Waals surface area (Å²) in [5.41, 5.74) is 1.20. The van der Waals surface area contributed by atoms with Gasteiger partial charge in [-0.1, -0.05) is 81.5 Å². The van der Waals surface area contributed by atoms with E-state index in [1.54, 1.807) is 0 Å². The highest BCUT2D eigenvalue weighted by atomic mass is 14.4. The fraction of sp³-hybridized carbons (Fsp3) is 1.00. The van der Waals surface area contributed by atoms with E-state index in [2.05, 4.69) is 69.2 Å². The van der Waals surface area contributed by atoms with Crippen LogP contribution in [-0.4, -0.2) is 7.85 Å². The molecule has 1 atom stereocenters. The highest BCUT2D eigenvalue weighted by Crippen LogP contribution is 2.50. The summed E-state index contributed by atoms with van der Waals surface area (Å²) in [5, 5.41) is 0. The summed E-state index contributed by atoms with van der Waals surface area (Å²) in [6, 6.07) is 0. The number of hydrogen-bond acceptors (Lipinski definition) is 0. The Labute approximate surface area is 124 Å². The van der Waals surface area contributed by atoms with Gasteiger partial charge in [0.25, 0.3) is 0 Å². The first-order valence-corrected chi connectivity index (χ1v) is 7.84. The van der Waals surface area contributed by atoms with E-state index in [4.69, 9.17) is 7.85 Å². The Balaban J connectivity index is 4.78. The molecule has 0 N–H and O–H groups in total. The van der Waals surface area contributed by atoms with Crippen molar-refractivity contribution in [3.8, 4) is 0 Å². The van der Waals surface area contributed by atoms with Gasteiger partial charge in [0.2, 0.25) is 0 Å².